The van der Waals surface area contributed by atoms with Gasteiger partial charge in [0.1, 0.15) is 6.29 Å². The van der Waals surface area contributed by atoms with Crippen LogP contribution in [0.15, 0.2) is 12.2 Å². The van der Waals surface area contributed by atoms with E-state index >= 15 is 0 Å². The number of allylic oxidation sites excluding steroid dienone is 2. The fourth-order valence-electron chi connectivity index (χ4n) is 0.915. The number of unbranched alkanes of at least 4 members (excludes halogenated alkanes) is 2. The van der Waals surface area contributed by atoms with Crippen LogP contribution >= 0.6 is 0 Å². The van der Waals surface area contributed by atoms with E-state index in [2.05, 4.69) is 13.0 Å². The Hall–Kier alpha value is -0.590. The lowest BCUT2D eigenvalue weighted by molar-refractivity contribution is -0.113. The van der Waals surface area contributed by atoms with Crippen molar-refractivity contribution in [2.45, 2.75) is 46.5 Å². The zero-order valence-corrected chi connectivity index (χ0v) is 8.47. The van der Waals surface area contributed by atoms with Crippen molar-refractivity contribution in [1.82, 2.24) is 0 Å². The smallest absolute Gasteiger partial charge is 0.129 e. The predicted molar refractivity (Wildman–Crippen MR) is 53.1 cm³/mol. The third-order valence-electron chi connectivity index (χ3n) is 2.25. The molecule has 0 saturated carbocycles. The molecule has 1 atom stereocenters. The molecule has 0 radical (unpaired) electrons. The zero-order chi connectivity index (χ0) is 9.45. The largest absolute Gasteiger partial charge is 0.302 e. The molecule has 1 nitrogen and oxygen atoms in total. The molecule has 0 N–H and O–H groups in total. The number of carbonyl (C=O) groups is 1. The summed E-state index contributed by atoms with van der Waals surface area (Å²) in [5.74, 6) is 0. The lowest BCUT2D eigenvalue weighted by Crippen LogP contribution is -2.12. The Morgan fingerprint density at radius 3 is 2.42 bits per heavy atom. The minimum absolute atomic E-state index is 0.228. The van der Waals surface area contributed by atoms with E-state index in [9.17, 15) is 4.79 Å². The van der Waals surface area contributed by atoms with E-state index < -0.39 is 0 Å². The normalized spacial score (nSPS) is 16.2. The van der Waals surface area contributed by atoms with Gasteiger partial charge in [-0.3, -0.25) is 0 Å². The van der Waals surface area contributed by atoms with Crippen molar-refractivity contribution in [3.63, 3.8) is 0 Å². The van der Waals surface area contributed by atoms with Crippen molar-refractivity contribution in [2.24, 2.45) is 5.41 Å². The van der Waals surface area contributed by atoms with Crippen LogP contribution in [0.1, 0.15) is 46.5 Å². The summed E-state index contributed by atoms with van der Waals surface area (Å²) in [6.45, 7) is 6.19. The Morgan fingerprint density at radius 2 is 2.00 bits per heavy atom. The van der Waals surface area contributed by atoms with Crippen molar-refractivity contribution < 1.29 is 4.79 Å². The van der Waals surface area contributed by atoms with E-state index in [4.69, 9.17) is 0 Å². The summed E-state index contributed by atoms with van der Waals surface area (Å²) in [6.07, 6.45) is 9.62. The highest BCUT2D eigenvalue weighted by Crippen LogP contribution is 2.19. The molecule has 70 valence electrons. The molecular formula is C11H20O. The van der Waals surface area contributed by atoms with Gasteiger partial charge >= 0.3 is 0 Å². The maximum absolute atomic E-state index is 10.7. The summed E-state index contributed by atoms with van der Waals surface area (Å²) >= 11 is 0. The van der Waals surface area contributed by atoms with Crippen molar-refractivity contribution in [3.8, 4) is 0 Å². The van der Waals surface area contributed by atoms with Gasteiger partial charge in [-0.1, -0.05) is 38.8 Å². The number of hydrogen-bond acceptors (Lipinski definition) is 1. The Kier molecular flexibility index (Phi) is 5.69. The van der Waals surface area contributed by atoms with Crippen LogP contribution in [0, 0.1) is 5.41 Å². The van der Waals surface area contributed by atoms with Crippen molar-refractivity contribution in [2.75, 3.05) is 0 Å². The van der Waals surface area contributed by atoms with Crippen molar-refractivity contribution >= 4 is 6.29 Å². The first-order chi connectivity index (χ1) is 5.68. The molecule has 0 aliphatic heterocycles. The average Bonchev–Trinajstić information content (AvgIpc) is 2.12. The van der Waals surface area contributed by atoms with E-state index in [1.54, 1.807) is 0 Å². The molecule has 0 aliphatic rings. The molecule has 0 heterocycles. The maximum Gasteiger partial charge on any atom is 0.129 e. The molecule has 0 aromatic heterocycles. The molecule has 0 bridgehead atoms. The fraction of sp³-hybridized carbons (Fsp3) is 0.727. The van der Waals surface area contributed by atoms with E-state index in [0.29, 0.717) is 0 Å². The Balaban J connectivity index is 3.84. The molecule has 0 saturated heterocycles. The topological polar surface area (TPSA) is 17.1 Å². The fourth-order valence-corrected chi connectivity index (χ4v) is 0.915. The van der Waals surface area contributed by atoms with Gasteiger partial charge in [-0.25, -0.2) is 0 Å². The highest BCUT2D eigenvalue weighted by molar-refractivity contribution is 5.61. The van der Waals surface area contributed by atoms with Crippen LogP contribution in [0.2, 0.25) is 0 Å². The van der Waals surface area contributed by atoms with Gasteiger partial charge in [-0.2, -0.15) is 0 Å². The van der Waals surface area contributed by atoms with Crippen molar-refractivity contribution in [1.29, 1.82) is 0 Å². The van der Waals surface area contributed by atoms with Gasteiger partial charge in [0.05, 0.1) is 0 Å². The quantitative estimate of drug-likeness (QED) is 0.338. The maximum atomic E-state index is 10.7. The van der Waals surface area contributed by atoms with Gasteiger partial charge in [0, 0.05) is 5.41 Å². The van der Waals surface area contributed by atoms with Crippen LogP contribution in [0.3, 0.4) is 0 Å². The van der Waals surface area contributed by atoms with Crippen molar-refractivity contribution in [3.05, 3.63) is 12.2 Å². The molecular weight excluding hydrogens is 148 g/mol. The molecule has 0 amide bonds. The van der Waals surface area contributed by atoms with E-state index in [-0.39, 0.29) is 5.41 Å². The highest BCUT2D eigenvalue weighted by Gasteiger charge is 2.15. The summed E-state index contributed by atoms with van der Waals surface area (Å²) in [5.41, 5.74) is -0.228. The molecule has 0 aromatic rings. The Labute approximate surface area is 75.9 Å². The Bertz CT molecular complexity index is 149. The molecule has 12 heavy (non-hydrogen) atoms. The van der Waals surface area contributed by atoms with Crippen LogP contribution in [-0.2, 0) is 4.79 Å². The minimum atomic E-state index is -0.228. The molecule has 1 heteroatoms. The zero-order valence-electron chi connectivity index (χ0n) is 8.47. The molecule has 0 aromatic carbocycles. The summed E-state index contributed by atoms with van der Waals surface area (Å²) in [7, 11) is 0. The van der Waals surface area contributed by atoms with E-state index in [0.717, 1.165) is 19.1 Å². The Morgan fingerprint density at radius 1 is 1.33 bits per heavy atom. The second-order valence-corrected chi connectivity index (χ2v) is 3.52. The SMILES string of the molecule is CCCCC=CC(C)(C=O)CC. The van der Waals surface area contributed by atoms with Crippen LogP contribution in [-0.4, -0.2) is 6.29 Å². The second-order valence-electron chi connectivity index (χ2n) is 3.52. The number of hydrogen-bond donors (Lipinski definition) is 0. The molecule has 0 spiro atoms. The summed E-state index contributed by atoms with van der Waals surface area (Å²) < 4.78 is 0. The van der Waals surface area contributed by atoms with E-state index in [1.807, 2.05) is 19.9 Å². The van der Waals surface area contributed by atoms with Gasteiger partial charge in [0.15, 0.2) is 0 Å². The first-order valence-corrected chi connectivity index (χ1v) is 4.82. The number of aldehydes is 1. The molecule has 1 unspecified atom stereocenters. The van der Waals surface area contributed by atoms with Gasteiger partial charge in [-0.15, -0.1) is 0 Å². The molecule has 0 fully saturated rings. The van der Waals surface area contributed by atoms with Gasteiger partial charge in [0.2, 0.25) is 0 Å². The standard InChI is InChI=1S/C11H20O/c1-4-6-7-8-9-11(3,5-2)10-12/h8-10H,4-7H2,1-3H3. The average molecular weight is 168 g/mol. The highest BCUT2D eigenvalue weighted by atomic mass is 16.1. The van der Waals surface area contributed by atoms with Gasteiger partial charge in [-0.05, 0) is 19.8 Å². The first kappa shape index (κ1) is 11.4. The summed E-state index contributed by atoms with van der Waals surface area (Å²) in [4.78, 5) is 10.7. The van der Waals surface area contributed by atoms with Crippen LogP contribution in [0.25, 0.3) is 0 Å². The summed E-state index contributed by atoms with van der Waals surface area (Å²) in [6, 6.07) is 0. The van der Waals surface area contributed by atoms with E-state index in [1.165, 1.54) is 12.8 Å². The third-order valence-corrected chi connectivity index (χ3v) is 2.25. The lowest BCUT2D eigenvalue weighted by Gasteiger charge is -2.14. The third kappa shape index (κ3) is 4.32. The molecule has 0 rings (SSSR count). The van der Waals surface area contributed by atoms with Crippen LogP contribution in [0.5, 0.6) is 0 Å². The second kappa shape index (κ2) is 5.99. The van der Waals surface area contributed by atoms with Crippen LogP contribution < -0.4 is 0 Å². The van der Waals surface area contributed by atoms with Crippen LogP contribution in [0.4, 0.5) is 0 Å². The minimum Gasteiger partial charge on any atom is -0.302 e. The van der Waals surface area contributed by atoms with Gasteiger partial charge in [0.25, 0.3) is 0 Å². The van der Waals surface area contributed by atoms with Gasteiger partial charge < -0.3 is 4.79 Å². The lowest BCUT2D eigenvalue weighted by atomic mass is 9.89. The first-order valence-electron chi connectivity index (χ1n) is 4.82. The number of carbonyl (C=O) groups excluding carboxylic acids is 1. The predicted octanol–water partition coefficient (Wildman–Crippen LogP) is 3.35. The summed E-state index contributed by atoms with van der Waals surface area (Å²) in [5, 5.41) is 0. The monoisotopic (exact) mass is 168 g/mol. The number of rotatable bonds is 6. The molecule has 0 aliphatic carbocycles.